The summed E-state index contributed by atoms with van der Waals surface area (Å²) in [7, 11) is 0. The average Bonchev–Trinajstić information content (AvgIpc) is 3.02. The van der Waals surface area contributed by atoms with Crippen LogP contribution in [-0.2, 0) is 6.54 Å². The first-order valence-electron chi connectivity index (χ1n) is 5.58. The summed E-state index contributed by atoms with van der Waals surface area (Å²) in [6.07, 6.45) is 1.61. The summed E-state index contributed by atoms with van der Waals surface area (Å²) >= 11 is 1.27. The van der Waals surface area contributed by atoms with E-state index in [0.717, 1.165) is 4.88 Å². The first-order valence-corrected chi connectivity index (χ1v) is 6.40. The number of nitrogens with zero attached hydrogens (tertiary/aromatic N) is 1. The molecule has 0 spiro atoms. The summed E-state index contributed by atoms with van der Waals surface area (Å²) in [5.41, 5.74) is 0. The minimum absolute atomic E-state index is 0.192. The molecule has 2 rings (SSSR count). The second kappa shape index (κ2) is 6.18. The molecule has 0 aliphatic carbocycles. The first-order chi connectivity index (χ1) is 9.19. The van der Waals surface area contributed by atoms with Gasteiger partial charge in [-0.1, -0.05) is 11.8 Å². The van der Waals surface area contributed by atoms with Crippen molar-refractivity contribution >= 4 is 17.2 Å². The number of carbonyl (C=O) groups is 1. The Morgan fingerprint density at radius 1 is 1.58 bits per heavy atom. The van der Waals surface area contributed by atoms with Gasteiger partial charge in [0.25, 0.3) is 5.91 Å². The van der Waals surface area contributed by atoms with Crippen molar-refractivity contribution in [1.82, 2.24) is 10.3 Å². The van der Waals surface area contributed by atoms with Gasteiger partial charge in [-0.05, 0) is 19.1 Å². The molecule has 0 atom stereocenters. The van der Waals surface area contributed by atoms with Crippen LogP contribution in [0.15, 0.2) is 22.7 Å². The van der Waals surface area contributed by atoms with Gasteiger partial charge in [0.1, 0.15) is 12.4 Å². The maximum Gasteiger partial charge on any atom is 0.261 e. The predicted molar refractivity (Wildman–Crippen MR) is 70.7 cm³/mol. The van der Waals surface area contributed by atoms with Gasteiger partial charge < -0.3 is 14.8 Å². The normalized spacial score (nSPS) is 9.79. The van der Waals surface area contributed by atoms with Crippen LogP contribution in [0.5, 0.6) is 0 Å². The van der Waals surface area contributed by atoms with Gasteiger partial charge in [0.15, 0.2) is 0 Å². The smallest absolute Gasteiger partial charge is 0.261 e. The molecule has 2 aromatic rings. The van der Waals surface area contributed by atoms with Gasteiger partial charge >= 0.3 is 0 Å². The summed E-state index contributed by atoms with van der Waals surface area (Å²) in [5, 5.41) is 11.3. The van der Waals surface area contributed by atoms with Crippen molar-refractivity contribution in [2.24, 2.45) is 0 Å². The van der Waals surface area contributed by atoms with Crippen molar-refractivity contribution in [2.75, 3.05) is 6.61 Å². The number of rotatable bonds is 3. The lowest BCUT2D eigenvalue weighted by Gasteiger charge is -1.99. The fourth-order valence-electron chi connectivity index (χ4n) is 1.38. The van der Waals surface area contributed by atoms with Gasteiger partial charge in [0.2, 0.25) is 5.89 Å². The summed E-state index contributed by atoms with van der Waals surface area (Å²) in [4.78, 5) is 17.1. The van der Waals surface area contributed by atoms with Crippen molar-refractivity contribution in [3.63, 3.8) is 0 Å². The van der Waals surface area contributed by atoms with E-state index in [9.17, 15) is 4.79 Å². The lowest BCUT2D eigenvalue weighted by molar-refractivity contribution is 0.0951. The highest BCUT2D eigenvalue weighted by atomic mass is 32.1. The number of nitrogens with one attached hydrogen (secondary N) is 1. The van der Waals surface area contributed by atoms with Crippen LogP contribution in [0, 0.1) is 18.8 Å². The van der Waals surface area contributed by atoms with Crippen molar-refractivity contribution < 1.29 is 14.3 Å². The van der Waals surface area contributed by atoms with Crippen LogP contribution in [0.2, 0.25) is 0 Å². The SMILES string of the molecule is Cc1cnc(CNC(=O)c2ccc(C#CCO)s2)o1. The molecule has 2 heterocycles. The highest BCUT2D eigenvalue weighted by Gasteiger charge is 2.09. The van der Waals surface area contributed by atoms with Crippen LogP contribution < -0.4 is 5.32 Å². The first kappa shape index (κ1) is 13.3. The molecule has 0 aromatic carbocycles. The summed E-state index contributed by atoms with van der Waals surface area (Å²) in [6.45, 7) is 1.86. The topological polar surface area (TPSA) is 75.4 Å². The summed E-state index contributed by atoms with van der Waals surface area (Å²) < 4.78 is 5.26. The average molecular weight is 276 g/mol. The van der Waals surface area contributed by atoms with Crippen LogP contribution in [-0.4, -0.2) is 22.6 Å². The number of hydrogen-bond acceptors (Lipinski definition) is 5. The predicted octanol–water partition coefficient (Wildman–Crippen LogP) is 1.32. The van der Waals surface area contributed by atoms with Crippen molar-refractivity contribution in [2.45, 2.75) is 13.5 Å². The van der Waals surface area contributed by atoms with E-state index in [2.05, 4.69) is 22.1 Å². The molecule has 0 unspecified atom stereocenters. The number of oxazole rings is 1. The molecule has 0 fully saturated rings. The van der Waals surface area contributed by atoms with Gasteiger partial charge in [-0.15, -0.1) is 11.3 Å². The van der Waals surface area contributed by atoms with E-state index in [1.54, 1.807) is 25.3 Å². The lowest BCUT2D eigenvalue weighted by atomic mass is 10.4. The maximum atomic E-state index is 11.8. The Labute approximate surface area is 114 Å². The van der Waals surface area contributed by atoms with Gasteiger partial charge in [-0.3, -0.25) is 4.79 Å². The van der Waals surface area contributed by atoms with Gasteiger partial charge in [0.05, 0.1) is 22.5 Å². The second-order valence-corrected chi connectivity index (χ2v) is 4.75. The van der Waals surface area contributed by atoms with E-state index in [0.29, 0.717) is 16.5 Å². The van der Waals surface area contributed by atoms with Gasteiger partial charge in [-0.2, -0.15) is 0 Å². The van der Waals surface area contributed by atoms with Crippen LogP contribution in [0.3, 0.4) is 0 Å². The van der Waals surface area contributed by atoms with E-state index < -0.39 is 0 Å². The Bertz CT molecular complexity index is 634. The molecule has 2 N–H and O–H groups in total. The van der Waals surface area contributed by atoms with Crippen molar-refractivity contribution in [1.29, 1.82) is 0 Å². The number of aliphatic hydroxyl groups is 1. The minimum atomic E-state index is -0.196. The molecule has 0 saturated carbocycles. The van der Waals surface area contributed by atoms with E-state index >= 15 is 0 Å². The molecule has 19 heavy (non-hydrogen) atoms. The Morgan fingerprint density at radius 3 is 3.11 bits per heavy atom. The zero-order chi connectivity index (χ0) is 13.7. The molecular weight excluding hydrogens is 264 g/mol. The van der Waals surface area contributed by atoms with E-state index in [-0.39, 0.29) is 19.1 Å². The van der Waals surface area contributed by atoms with Gasteiger partial charge in [0, 0.05) is 0 Å². The molecular formula is C13H12N2O3S. The second-order valence-electron chi connectivity index (χ2n) is 3.67. The molecule has 0 bridgehead atoms. The van der Waals surface area contributed by atoms with E-state index in [4.69, 9.17) is 9.52 Å². The summed E-state index contributed by atoms with van der Waals surface area (Å²) in [6, 6.07) is 3.44. The zero-order valence-electron chi connectivity index (χ0n) is 10.3. The largest absolute Gasteiger partial charge is 0.444 e. The maximum absolute atomic E-state index is 11.8. The van der Waals surface area contributed by atoms with Crippen LogP contribution in [0.4, 0.5) is 0 Å². The zero-order valence-corrected chi connectivity index (χ0v) is 11.1. The van der Waals surface area contributed by atoms with Crippen molar-refractivity contribution in [3.05, 3.63) is 39.7 Å². The molecule has 0 aliphatic heterocycles. The molecule has 98 valence electrons. The highest BCUT2D eigenvalue weighted by Crippen LogP contribution is 2.15. The lowest BCUT2D eigenvalue weighted by Crippen LogP contribution is -2.21. The van der Waals surface area contributed by atoms with E-state index in [1.165, 1.54) is 11.3 Å². The Morgan fingerprint density at radius 2 is 2.42 bits per heavy atom. The Hall–Kier alpha value is -2.10. The third-order valence-electron chi connectivity index (χ3n) is 2.19. The standard InChI is InChI=1S/C13H12N2O3S/c1-9-7-14-12(18-9)8-15-13(17)11-5-4-10(19-11)3-2-6-16/h4-5,7,16H,6,8H2,1H3,(H,15,17). The third-order valence-corrected chi connectivity index (χ3v) is 3.19. The molecule has 2 aromatic heterocycles. The molecule has 5 nitrogen and oxygen atoms in total. The number of aromatic nitrogens is 1. The van der Waals surface area contributed by atoms with Crippen LogP contribution in [0.25, 0.3) is 0 Å². The molecule has 0 radical (unpaired) electrons. The quantitative estimate of drug-likeness (QED) is 0.829. The molecule has 0 saturated heterocycles. The Balaban J connectivity index is 1.94. The fraction of sp³-hybridized carbons (Fsp3) is 0.231. The highest BCUT2D eigenvalue weighted by molar-refractivity contribution is 7.14. The summed E-state index contributed by atoms with van der Waals surface area (Å²) in [5.74, 6) is 6.28. The molecule has 0 aliphatic rings. The van der Waals surface area contributed by atoms with E-state index in [1.807, 2.05) is 0 Å². The number of amides is 1. The number of carbonyl (C=O) groups excluding carboxylic acids is 1. The molecule has 1 amide bonds. The fourth-order valence-corrected chi connectivity index (χ4v) is 2.18. The third kappa shape index (κ3) is 3.68. The monoisotopic (exact) mass is 276 g/mol. The van der Waals surface area contributed by atoms with Crippen molar-refractivity contribution in [3.8, 4) is 11.8 Å². The number of hydrogen-bond donors (Lipinski definition) is 2. The number of thiophene rings is 1. The van der Waals surface area contributed by atoms with Crippen LogP contribution >= 0.6 is 11.3 Å². The number of aliphatic hydroxyl groups excluding tert-OH is 1. The Kier molecular flexibility index (Phi) is 4.34. The molecule has 6 heteroatoms. The minimum Gasteiger partial charge on any atom is -0.444 e. The van der Waals surface area contributed by atoms with Gasteiger partial charge in [-0.25, -0.2) is 4.98 Å². The number of aryl methyl sites for hydroxylation is 1. The van der Waals surface area contributed by atoms with Crippen LogP contribution in [0.1, 0.15) is 26.2 Å².